The van der Waals surface area contributed by atoms with Gasteiger partial charge in [0, 0.05) is 13.1 Å². The van der Waals surface area contributed by atoms with Crippen LogP contribution in [0.15, 0.2) is 64.1 Å². The lowest BCUT2D eigenvalue weighted by molar-refractivity contribution is -0.123. The maximum absolute atomic E-state index is 13.9. The van der Waals surface area contributed by atoms with Crippen LogP contribution in [-0.4, -0.2) is 36.7 Å². The highest BCUT2D eigenvalue weighted by Gasteiger charge is 2.36. The molecule has 1 fully saturated rings. The van der Waals surface area contributed by atoms with Gasteiger partial charge in [0.25, 0.3) is 0 Å². The number of furan rings is 1. The molecule has 188 valence electrons. The zero-order valence-electron chi connectivity index (χ0n) is 20.0. The molecule has 1 aliphatic rings. The fourth-order valence-corrected chi connectivity index (χ4v) is 7.28. The Morgan fingerprint density at radius 1 is 1.22 bits per heavy atom. The molecule has 1 amide bonds. The van der Waals surface area contributed by atoms with Crippen molar-refractivity contribution in [3.05, 3.63) is 77.5 Å². The molecule has 36 heavy (non-hydrogen) atoms. The van der Waals surface area contributed by atoms with Crippen LogP contribution in [0, 0.1) is 25.6 Å². The number of benzene rings is 2. The van der Waals surface area contributed by atoms with Gasteiger partial charge in [0.1, 0.15) is 11.6 Å². The number of piperidine rings is 1. The Kier molecular flexibility index (Phi) is 6.67. The number of thiazole rings is 1. The minimum absolute atomic E-state index is 0.0152. The van der Waals surface area contributed by atoms with Crippen molar-refractivity contribution in [1.29, 1.82) is 0 Å². The first-order chi connectivity index (χ1) is 17.2. The lowest BCUT2D eigenvalue weighted by Gasteiger charge is -2.33. The lowest BCUT2D eigenvalue weighted by Crippen LogP contribution is -2.46. The monoisotopic (exact) mass is 527 g/mol. The maximum Gasteiger partial charge on any atom is 0.243 e. The minimum Gasteiger partial charge on any atom is -0.467 e. The molecule has 4 aromatic rings. The number of nitrogens with zero attached hydrogens (tertiary/aromatic N) is 3. The Morgan fingerprint density at radius 2 is 2.00 bits per heavy atom. The number of aryl methyl sites for hydroxylation is 2. The van der Waals surface area contributed by atoms with Gasteiger partial charge in [-0.25, -0.2) is 17.8 Å². The zero-order valence-corrected chi connectivity index (χ0v) is 21.6. The summed E-state index contributed by atoms with van der Waals surface area (Å²) in [6.07, 6.45) is 2.66. The van der Waals surface area contributed by atoms with Crippen LogP contribution in [0.1, 0.15) is 29.7 Å². The smallest absolute Gasteiger partial charge is 0.243 e. The van der Waals surface area contributed by atoms with Crippen LogP contribution in [0.3, 0.4) is 0 Å². The van der Waals surface area contributed by atoms with Crippen LogP contribution in [-0.2, 0) is 21.4 Å². The van der Waals surface area contributed by atoms with E-state index in [-0.39, 0.29) is 23.9 Å². The molecule has 7 nitrogen and oxygen atoms in total. The standard InChI is InChI=1S/C26H26FN3O4S2/c1-17-13-18(2)24-23(14-17)35-26(28-24)30(16-21-6-4-12-34-21)25(31)19-5-3-11-29(15-19)36(32,33)22-9-7-20(27)8-10-22/h4,6-10,12-14,19H,3,5,11,15-16H2,1-2H3. The van der Waals surface area contributed by atoms with E-state index < -0.39 is 21.8 Å². The number of sulfonamides is 1. The van der Waals surface area contributed by atoms with Crippen LogP contribution in [0.4, 0.5) is 9.52 Å². The zero-order chi connectivity index (χ0) is 25.4. The van der Waals surface area contributed by atoms with E-state index in [0.717, 1.165) is 33.5 Å². The Morgan fingerprint density at radius 3 is 2.72 bits per heavy atom. The molecule has 1 saturated heterocycles. The topological polar surface area (TPSA) is 83.7 Å². The van der Waals surface area contributed by atoms with Crippen LogP contribution >= 0.6 is 11.3 Å². The fraction of sp³-hybridized carbons (Fsp3) is 0.308. The summed E-state index contributed by atoms with van der Waals surface area (Å²) in [7, 11) is -3.85. The van der Waals surface area contributed by atoms with Gasteiger partial charge in [-0.1, -0.05) is 17.4 Å². The molecule has 0 radical (unpaired) electrons. The molecule has 0 N–H and O–H groups in total. The van der Waals surface area contributed by atoms with Crippen molar-refractivity contribution in [2.45, 2.75) is 38.1 Å². The first kappa shape index (κ1) is 24.6. The van der Waals surface area contributed by atoms with E-state index in [9.17, 15) is 17.6 Å². The van der Waals surface area contributed by atoms with Crippen molar-refractivity contribution in [2.75, 3.05) is 18.0 Å². The molecule has 0 bridgehead atoms. The van der Waals surface area contributed by atoms with Crippen LogP contribution in [0.5, 0.6) is 0 Å². The summed E-state index contributed by atoms with van der Waals surface area (Å²) in [6.45, 7) is 4.58. The largest absolute Gasteiger partial charge is 0.467 e. The van der Waals surface area contributed by atoms with Crippen molar-refractivity contribution in [1.82, 2.24) is 9.29 Å². The van der Waals surface area contributed by atoms with Gasteiger partial charge in [-0.05, 0) is 80.3 Å². The Labute approximate surface area is 213 Å². The number of hydrogen-bond acceptors (Lipinski definition) is 6. The van der Waals surface area contributed by atoms with E-state index in [0.29, 0.717) is 30.3 Å². The molecule has 1 atom stereocenters. The van der Waals surface area contributed by atoms with E-state index in [1.165, 1.54) is 27.8 Å². The van der Waals surface area contributed by atoms with Gasteiger partial charge in [0.15, 0.2) is 5.13 Å². The van der Waals surface area contributed by atoms with Gasteiger partial charge in [0.2, 0.25) is 15.9 Å². The van der Waals surface area contributed by atoms with Gasteiger partial charge in [-0.15, -0.1) is 0 Å². The fourth-order valence-electron chi connectivity index (χ4n) is 4.61. The summed E-state index contributed by atoms with van der Waals surface area (Å²) in [5, 5.41) is 0.554. The Bertz CT molecular complexity index is 1500. The summed E-state index contributed by atoms with van der Waals surface area (Å²) in [6, 6.07) is 12.4. The number of amides is 1. The number of rotatable bonds is 6. The molecule has 1 unspecified atom stereocenters. The number of fused-ring (bicyclic) bond motifs is 1. The van der Waals surface area contributed by atoms with Gasteiger partial charge in [0.05, 0.1) is 33.8 Å². The predicted octanol–water partition coefficient (Wildman–Crippen LogP) is 5.28. The number of carbonyl (C=O) groups is 1. The molecule has 0 spiro atoms. The summed E-state index contributed by atoms with van der Waals surface area (Å²) in [5.41, 5.74) is 3.00. The molecule has 0 aliphatic carbocycles. The average molecular weight is 528 g/mol. The van der Waals surface area contributed by atoms with Crippen LogP contribution < -0.4 is 4.90 Å². The second-order valence-electron chi connectivity index (χ2n) is 9.08. The molecular formula is C26H26FN3O4S2. The van der Waals surface area contributed by atoms with E-state index in [1.807, 2.05) is 13.8 Å². The van der Waals surface area contributed by atoms with E-state index >= 15 is 0 Å². The molecule has 0 saturated carbocycles. The molecule has 2 aromatic heterocycles. The third kappa shape index (κ3) is 4.80. The highest BCUT2D eigenvalue weighted by atomic mass is 32.2. The van der Waals surface area contributed by atoms with E-state index in [2.05, 4.69) is 12.1 Å². The number of halogens is 1. The van der Waals surface area contributed by atoms with E-state index in [4.69, 9.17) is 9.40 Å². The van der Waals surface area contributed by atoms with Crippen LogP contribution in [0.25, 0.3) is 10.2 Å². The van der Waals surface area contributed by atoms with E-state index in [1.54, 1.807) is 23.3 Å². The summed E-state index contributed by atoms with van der Waals surface area (Å²) in [5.74, 6) is -0.629. The van der Waals surface area contributed by atoms with Crippen molar-refractivity contribution < 1.29 is 22.0 Å². The quantitative estimate of drug-likeness (QED) is 0.341. The highest BCUT2D eigenvalue weighted by molar-refractivity contribution is 7.89. The van der Waals surface area contributed by atoms with Gasteiger partial charge in [-0.2, -0.15) is 4.31 Å². The molecule has 3 heterocycles. The van der Waals surface area contributed by atoms with Gasteiger partial charge < -0.3 is 4.42 Å². The first-order valence-electron chi connectivity index (χ1n) is 11.7. The summed E-state index contributed by atoms with van der Waals surface area (Å²) >= 11 is 1.44. The Balaban J connectivity index is 1.45. The normalized spacial score (nSPS) is 16.9. The van der Waals surface area contributed by atoms with Gasteiger partial charge >= 0.3 is 0 Å². The van der Waals surface area contributed by atoms with Crippen molar-refractivity contribution in [3.8, 4) is 0 Å². The van der Waals surface area contributed by atoms with Gasteiger partial charge in [-0.3, -0.25) is 9.69 Å². The van der Waals surface area contributed by atoms with Crippen molar-refractivity contribution in [2.24, 2.45) is 5.92 Å². The number of aromatic nitrogens is 1. The third-order valence-electron chi connectivity index (χ3n) is 6.39. The lowest BCUT2D eigenvalue weighted by atomic mass is 9.98. The highest BCUT2D eigenvalue weighted by Crippen LogP contribution is 2.34. The molecule has 10 heteroatoms. The molecular weight excluding hydrogens is 501 g/mol. The third-order valence-corrected chi connectivity index (χ3v) is 9.30. The average Bonchev–Trinajstić information content (AvgIpc) is 3.52. The van der Waals surface area contributed by atoms with Crippen molar-refractivity contribution in [3.63, 3.8) is 0 Å². The summed E-state index contributed by atoms with van der Waals surface area (Å²) < 4.78 is 47.6. The molecule has 2 aromatic carbocycles. The SMILES string of the molecule is Cc1cc(C)c2nc(N(Cc3ccco3)C(=O)C3CCCN(S(=O)(=O)c4ccc(F)cc4)C3)sc2c1. The number of anilines is 1. The molecule has 1 aliphatic heterocycles. The minimum atomic E-state index is -3.85. The first-order valence-corrected chi connectivity index (χ1v) is 14.0. The second kappa shape index (κ2) is 9.76. The number of carbonyl (C=O) groups excluding carboxylic acids is 1. The Hall–Kier alpha value is -3.08. The van der Waals surface area contributed by atoms with Crippen molar-refractivity contribution >= 4 is 42.6 Å². The number of hydrogen-bond donors (Lipinski definition) is 0. The summed E-state index contributed by atoms with van der Waals surface area (Å²) in [4.78, 5) is 20.3. The predicted molar refractivity (Wildman–Crippen MR) is 137 cm³/mol. The molecule has 5 rings (SSSR count). The maximum atomic E-state index is 13.9. The second-order valence-corrected chi connectivity index (χ2v) is 12.0. The van der Waals surface area contributed by atoms with Crippen LogP contribution in [0.2, 0.25) is 0 Å².